The van der Waals surface area contributed by atoms with E-state index >= 15 is 0 Å². The van der Waals surface area contributed by atoms with Crippen LogP contribution >= 0.6 is 11.8 Å². The average molecular weight is 501 g/mol. The molecule has 1 aliphatic rings. The molecule has 0 aliphatic carbocycles. The van der Waals surface area contributed by atoms with E-state index in [4.69, 9.17) is 15.6 Å². The van der Waals surface area contributed by atoms with Crippen LogP contribution in [0.1, 0.15) is 28.4 Å². The van der Waals surface area contributed by atoms with Crippen molar-refractivity contribution in [2.24, 2.45) is 0 Å². The molecule has 3 heterocycles. The first-order valence-corrected chi connectivity index (χ1v) is 11.7. The molecule has 35 heavy (non-hydrogen) atoms. The van der Waals surface area contributed by atoms with Gasteiger partial charge in [0.05, 0.1) is 47.4 Å². The molecule has 1 unspecified atom stereocenters. The van der Waals surface area contributed by atoms with Gasteiger partial charge in [-0.1, -0.05) is 6.58 Å². The molecule has 2 aromatic heterocycles. The number of nitrogens with zero attached hydrogens (tertiary/aromatic N) is 2. The summed E-state index contributed by atoms with van der Waals surface area (Å²) >= 11 is 1.36. The number of nitrogens with one attached hydrogen (secondary N) is 1. The van der Waals surface area contributed by atoms with Gasteiger partial charge in [0, 0.05) is 47.6 Å². The summed E-state index contributed by atoms with van der Waals surface area (Å²) in [6.07, 6.45) is -1.16. The van der Waals surface area contributed by atoms with Gasteiger partial charge in [0.25, 0.3) is 5.56 Å². The van der Waals surface area contributed by atoms with Crippen LogP contribution in [0.3, 0.4) is 0 Å². The number of aldehydes is 1. The standard InChI is InChI=1S/C24H25FN4O5S/c1-12(35-4-3-30)27-8-15-13-5-19(26)18(25)7-20(13)28-23-16(15)9-29-21(23)6-14(22(32)10-31)17(11-34-2)24(29)33/h5-7,10,22,27,30,32H,1,3-4,8-9,11,26H2,2H3. The Morgan fingerprint density at radius 3 is 2.89 bits per heavy atom. The first-order valence-electron chi connectivity index (χ1n) is 10.8. The summed E-state index contributed by atoms with van der Waals surface area (Å²) in [5.41, 5.74) is 8.44. The lowest BCUT2D eigenvalue weighted by molar-refractivity contribution is -0.115. The lowest BCUT2D eigenvalue weighted by Gasteiger charge is -2.15. The van der Waals surface area contributed by atoms with Crippen LogP contribution in [0, 0.1) is 5.82 Å². The van der Waals surface area contributed by atoms with E-state index in [0.29, 0.717) is 45.9 Å². The fourth-order valence-electron chi connectivity index (χ4n) is 4.24. The van der Waals surface area contributed by atoms with Gasteiger partial charge in [0.1, 0.15) is 11.9 Å². The van der Waals surface area contributed by atoms with Crippen molar-refractivity contribution < 1.29 is 24.1 Å². The Morgan fingerprint density at radius 1 is 1.43 bits per heavy atom. The normalized spacial score (nSPS) is 12.9. The maximum absolute atomic E-state index is 14.3. The number of carbonyl (C=O) groups excluding carboxylic acids is 1. The molecule has 0 saturated carbocycles. The number of hydrogen-bond acceptors (Lipinski definition) is 9. The van der Waals surface area contributed by atoms with Crippen molar-refractivity contribution in [3.63, 3.8) is 0 Å². The van der Waals surface area contributed by atoms with Gasteiger partial charge in [0.15, 0.2) is 6.29 Å². The third-order valence-corrected chi connectivity index (χ3v) is 6.76. The molecule has 0 spiro atoms. The number of aliphatic hydroxyl groups excluding tert-OH is 2. The van der Waals surface area contributed by atoms with Gasteiger partial charge in [-0.25, -0.2) is 9.37 Å². The second kappa shape index (κ2) is 10.2. The van der Waals surface area contributed by atoms with E-state index in [-0.39, 0.29) is 36.6 Å². The molecule has 1 aromatic carbocycles. The third kappa shape index (κ3) is 4.55. The number of thioether (sulfide) groups is 1. The molecule has 5 N–H and O–H groups in total. The predicted molar refractivity (Wildman–Crippen MR) is 132 cm³/mol. The van der Waals surface area contributed by atoms with Crippen LogP contribution in [0.5, 0.6) is 0 Å². The number of ether oxygens (including phenoxy) is 1. The second-order valence-corrected chi connectivity index (χ2v) is 9.22. The van der Waals surface area contributed by atoms with E-state index < -0.39 is 17.5 Å². The second-order valence-electron chi connectivity index (χ2n) is 8.03. The number of aliphatic hydroxyl groups is 2. The summed E-state index contributed by atoms with van der Waals surface area (Å²) < 4.78 is 21.0. The van der Waals surface area contributed by atoms with Gasteiger partial charge < -0.3 is 35.4 Å². The molecule has 0 amide bonds. The van der Waals surface area contributed by atoms with Crippen molar-refractivity contribution in [1.29, 1.82) is 0 Å². The number of aromatic nitrogens is 2. The summed E-state index contributed by atoms with van der Waals surface area (Å²) in [5.74, 6) is -0.140. The topological polar surface area (TPSA) is 140 Å². The number of rotatable bonds is 10. The van der Waals surface area contributed by atoms with Gasteiger partial charge in [-0.3, -0.25) is 4.79 Å². The van der Waals surface area contributed by atoms with Crippen LogP contribution in [-0.2, 0) is 29.2 Å². The van der Waals surface area contributed by atoms with Crippen LogP contribution in [0.15, 0.2) is 34.6 Å². The van der Waals surface area contributed by atoms with E-state index in [9.17, 15) is 19.1 Å². The number of nitrogen functional groups attached to an aromatic ring is 1. The zero-order chi connectivity index (χ0) is 25.3. The number of halogens is 1. The van der Waals surface area contributed by atoms with E-state index in [0.717, 1.165) is 11.1 Å². The highest BCUT2D eigenvalue weighted by atomic mass is 32.2. The molecule has 0 bridgehead atoms. The van der Waals surface area contributed by atoms with E-state index in [1.165, 1.54) is 35.6 Å². The lowest BCUT2D eigenvalue weighted by Crippen LogP contribution is -2.26. The van der Waals surface area contributed by atoms with Gasteiger partial charge in [-0.15, -0.1) is 11.8 Å². The maximum atomic E-state index is 14.3. The molecule has 1 atom stereocenters. The third-order valence-electron chi connectivity index (χ3n) is 5.88. The Morgan fingerprint density at radius 2 is 2.20 bits per heavy atom. The molecule has 3 aromatic rings. The minimum absolute atomic E-state index is 0.00572. The molecule has 4 rings (SSSR count). The zero-order valence-corrected chi connectivity index (χ0v) is 19.8. The molecule has 1 aliphatic heterocycles. The Labute approximate surface area is 204 Å². The van der Waals surface area contributed by atoms with Crippen molar-refractivity contribution in [1.82, 2.24) is 14.9 Å². The average Bonchev–Trinajstić information content (AvgIpc) is 3.21. The number of pyridine rings is 2. The van der Waals surface area contributed by atoms with Gasteiger partial charge >= 0.3 is 0 Å². The Kier molecular flexibility index (Phi) is 7.22. The number of hydrogen-bond donors (Lipinski definition) is 4. The van der Waals surface area contributed by atoms with Gasteiger partial charge in [-0.2, -0.15) is 0 Å². The summed E-state index contributed by atoms with van der Waals surface area (Å²) in [6, 6.07) is 4.31. The van der Waals surface area contributed by atoms with Crippen molar-refractivity contribution in [2.75, 3.05) is 25.2 Å². The number of benzene rings is 1. The Balaban J connectivity index is 1.92. The first-order chi connectivity index (χ1) is 16.8. The van der Waals surface area contributed by atoms with Crippen LogP contribution < -0.4 is 16.6 Å². The van der Waals surface area contributed by atoms with E-state index in [1.54, 1.807) is 6.07 Å². The number of methoxy groups -OCH3 is 1. The summed E-state index contributed by atoms with van der Waals surface area (Å²) in [6.45, 7) is 4.35. The largest absolute Gasteiger partial charge is 0.396 e. The highest BCUT2D eigenvalue weighted by molar-refractivity contribution is 8.03. The number of fused-ring (bicyclic) bond motifs is 4. The minimum Gasteiger partial charge on any atom is -0.396 e. The molecular formula is C24H25FN4O5S. The van der Waals surface area contributed by atoms with Crippen molar-refractivity contribution in [3.05, 3.63) is 68.2 Å². The highest BCUT2D eigenvalue weighted by Crippen LogP contribution is 2.38. The molecule has 0 saturated heterocycles. The summed E-state index contributed by atoms with van der Waals surface area (Å²) in [4.78, 5) is 29.3. The van der Waals surface area contributed by atoms with Crippen molar-refractivity contribution in [3.8, 4) is 11.4 Å². The Hall–Kier alpha value is -3.25. The smallest absolute Gasteiger partial charge is 0.257 e. The first kappa shape index (κ1) is 24.9. The van der Waals surface area contributed by atoms with Crippen molar-refractivity contribution >= 4 is 34.6 Å². The number of nitrogens with two attached hydrogens (primary N) is 1. The van der Waals surface area contributed by atoms with E-state index in [1.807, 2.05) is 0 Å². The zero-order valence-electron chi connectivity index (χ0n) is 19.0. The maximum Gasteiger partial charge on any atom is 0.257 e. The Bertz CT molecular complexity index is 1390. The van der Waals surface area contributed by atoms with Gasteiger partial charge in [-0.05, 0) is 17.7 Å². The fourth-order valence-corrected chi connectivity index (χ4v) is 4.76. The molecule has 11 heteroatoms. The SMILES string of the molecule is C=C(NCc1c2c(nc3cc(F)c(N)cc13)-c1cc(C(O)C=O)c(COC)c(=O)n1C2)SCCO. The van der Waals surface area contributed by atoms with Crippen LogP contribution in [0.4, 0.5) is 10.1 Å². The summed E-state index contributed by atoms with van der Waals surface area (Å²) in [7, 11) is 1.42. The van der Waals surface area contributed by atoms with E-state index in [2.05, 4.69) is 16.9 Å². The predicted octanol–water partition coefficient (Wildman–Crippen LogP) is 1.81. The molecular weight excluding hydrogens is 475 g/mol. The monoisotopic (exact) mass is 500 g/mol. The van der Waals surface area contributed by atoms with Crippen LogP contribution in [-0.4, -0.2) is 45.5 Å². The number of anilines is 1. The minimum atomic E-state index is -1.51. The number of carbonyl (C=O) groups is 1. The molecule has 0 fully saturated rings. The lowest BCUT2D eigenvalue weighted by atomic mass is 9.99. The van der Waals surface area contributed by atoms with Crippen LogP contribution in [0.2, 0.25) is 0 Å². The molecule has 9 nitrogen and oxygen atoms in total. The molecule has 184 valence electrons. The fraction of sp³-hybridized carbons (Fsp3) is 0.292. The van der Waals surface area contributed by atoms with Crippen molar-refractivity contribution in [2.45, 2.75) is 25.8 Å². The summed E-state index contributed by atoms with van der Waals surface area (Å²) in [5, 5.41) is 23.8. The van der Waals surface area contributed by atoms with Crippen LogP contribution in [0.25, 0.3) is 22.3 Å². The highest BCUT2D eigenvalue weighted by Gasteiger charge is 2.29. The molecule has 0 radical (unpaired) electrons. The quantitative estimate of drug-likeness (QED) is 0.190. The van der Waals surface area contributed by atoms with Gasteiger partial charge in [0.2, 0.25) is 0 Å².